The molecule has 0 saturated carbocycles. The van der Waals surface area contributed by atoms with Crippen LogP contribution in [0.4, 0.5) is 11.4 Å². The van der Waals surface area contributed by atoms with Crippen molar-refractivity contribution in [3.05, 3.63) is 54.6 Å². The minimum atomic E-state index is -0.125. The van der Waals surface area contributed by atoms with Gasteiger partial charge in [-0.05, 0) is 24.3 Å². The molecule has 0 radical (unpaired) electrons. The van der Waals surface area contributed by atoms with Gasteiger partial charge in [0.15, 0.2) is 11.0 Å². The average molecular weight is 451 g/mol. The first-order valence-electron chi connectivity index (χ1n) is 10.5. The molecule has 2 heterocycles. The van der Waals surface area contributed by atoms with Crippen LogP contribution in [0.5, 0.6) is 0 Å². The van der Waals surface area contributed by atoms with Gasteiger partial charge >= 0.3 is 0 Å². The second-order valence-electron chi connectivity index (χ2n) is 7.62. The summed E-state index contributed by atoms with van der Waals surface area (Å²) in [5, 5.41) is 12.0. The van der Waals surface area contributed by atoms with E-state index in [0.29, 0.717) is 35.5 Å². The van der Waals surface area contributed by atoms with Gasteiger partial charge in [0.2, 0.25) is 11.8 Å². The molecule has 8 nitrogen and oxygen atoms in total. The SMILES string of the molecule is CC(=O)Nc1cccc(-c2nnc(SCC(=O)N3CCN(c4ccccc4)CC3)n2C)c1. The molecule has 1 aliphatic rings. The summed E-state index contributed by atoms with van der Waals surface area (Å²) >= 11 is 1.39. The second-order valence-corrected chi connectivity index (χ2v) is 8.56. The Morgan fingerprint density at radius 2 is 1.75 bits per heavy atom. The van der Waals surface area contributed by atoms with Crippen LogP contribution in [0.1, 0.15) is 6.92 Å². The highest BCUT2D eigenvalue weighted by Gasteiger charge is 2.22. The molecule has 2 amide bonds. The van der Waals surface area contributed by atoms with Crippen molar-refractivity contribution in [2.45, 2.75) is 12.1 Å². The molecule has 1 aliphatic heterocycles. The molecule has 32 heavy (non-hydrogen) atoms. The number of rotatable bonds is 6. The summed E-state index contributed by atoms with van der Waals surface area (Å²) in [5.41, 5.74) is 2.75. The van der Waals surface area contributed by atoms with Crippen LogP contribution in [0.3, 0.4) is 0 Å². The third-order valence-electron chi connectivity index (χ3n) is 5.35. The zero-order chi connectivity index (χ0) is 22.5. The molecular formula is C23H26N6O2S. The molecule has 1 N–H and O–H groups in total. The number of anilines is 2. The minimum Gasteiger partial charge on any atom is -0.368 e. The normalized spacial score (nSPS) is 13.8. The number of amides is 2. The molecule has 9 heteroatoms. The van der Waals surface area contributed by atoms with Crippen LogP contribution in [0.25, 0.3) is 11.4 Å². The number of hydrogen-bond donors (Lipinski definition) is 1. The van der Waals surface area contributed by atoms with E-state index in [2.05, 4.69) is 32.5 Å². The van der Waals surface area contributed by atoms with Gasteiger partial charge in [0, 0.05) is 57.1 Å². The van der Waals surface area contributed by atoms with Gasteiger partial charge in [-0.15, -0.1) is 10.2 Å². The van der Waals surface area contributed by atoms with E-state index in [1.807, 2.05) is 59.0 Å². The number of para-hydroxylation sites is 1. The molecule has 0 unspecified atom stereocenters. The van der Waals surface area contributed by atoms with Gasteiger partial charge in [-0.25, -0.2) is 0 Å². The van der Waals surface area contributed by atoms with Crippen molar-refractivity contribution in [1.82, 2.24) is 19.7 Å². The van der Waals surface area contributed by atoms with E-state index in [-0.39, 0.29) is 11.8 Å². The molecule has 0 spiro atoms. The Hall–Kier alpha value is -3.33. The first-order valence-corrected chi connectivity index (χ1v) is 11.5. The molecule has 0 aliphatic carbocycles. The summed E-state index contributed by atoms with van der Waals surface area (Å²) in [5.74, 6) is 0.992. The van der Waals surface area contributed by atoms with E-state index in [0.717, 1.165) is 18.7 Å². The predicted molar refractivity (Wildman–Crippen MR) is 127 cm³/mol. The lowest BCUT2D eigenvalue weighted by Gasteiger charge is -2.36. The highest BCUT2D eigenvalue weighted by molar-refractivity contribution is 7.99. The first kappa shape index (κ1) is 21.9. The van der Waals surface area contributed by atoms with Crippen molar-refractivity contribution in [2.24, 2.45) is 7.05 Å². The van der Waals surface area contributed by atoms with E-state index in [1.54, 1.807) is 0 Å². The highest BCUT2D eigenvalue weighted by Crippen LogP contribution is 2.25. The van der Waals surface area contributed by atoms with E-state index in [1.165, 1.54) is 24.4 Å². The summed E-state index contributed by atoms with van der Waals surface area (Å²) < 4.78 is 1.87. The zero-order valence-electron chi connectivity index (χ0n) is 18.2. The Morgan fingerprint density at radius 1 is 1.00 bits per heavy atom. The molecule has 1 fully saturated rings. The van der Waals surface area contributed by atoms with Crippen LogP contribution in [-0.4, -0.2) is 63.4 Å². The van der Waals surface area contributed by atoms with Gasteiger partial charge in [-0.3, -0.25) is 9.59 Å². The lowest BCUT2D eigenvalue weighted by Crippen LogP contribution is -2.49. The van der Waals surface area contributed by atoms with Gasteiger partial charge < -0.3 is 19.7 Å². The quantitative estimate of drug-likeness (QED) is 0.582. The fraction of sp³-hybridized carbons (Fsp3) is 0.304. The van der Waals surface area contributed by atoms with E-state index < -0.39 is 0 Å². The van der Waals surface area contributed by atoms with Crippen molar-refractivity contribution in [3.8, 4) is 11.4 Å². The van der Waals surface area contributed by atoms with E-state index in [9.17, 15) is 9.59 Å². The Morgan fingerprint density at radius 3 is 2.47 bits per heavy atom. The molecule has 0 bridgehead atoms. The number of hydrogen-bond acceptors (Lipinski definition) is 6. The number of nitrogens with zero attached hydrogens (tertiary/aromatic N) is 5. The standard InChI is InChI=1S/C23H26N6O2S/c1-17(30)24-19-8-6-7-18(15-19)22-25-26-23(27(22)2)32-16-21(31)29-13-11-28(12-14-29)20-9-4-3-5-10-20/h3-10,15H,11-14,16H2,1-2H3,(H,24,30). The number of carbonyl (C=O) groups is 2. The fourth-order valence-corrected chi connectivity index (χ4v) is 4.52. The maximum absolute atomic E-state index is 12.7. The monoisotopic (exact) mass is 450 g/mol. The first-order chi connectivity index (χ1) is 15.5. The molecule has 4 rings (SSSR count). The number of nitrogens with one attached hydrogen (secondary N) is 1. The predicted octanol–water partition coefficient (Wildman–Crippen LogP) is 2.88. The van der Waals surface area contributed by atoms with Crippen molar-refractivity contribution in [3.63, 3.8) is 0 Å². The Kier molecular flexibility index (Phi) is 6.75. The van der Waals surface area contributed by atoms with Gasteiger partial charge in [0.05, 0.1) is 5.75 Å². The number of piperazine rings is 1. The smallest absolute Gasteiger partial charge is 0.233 e. The minimum absolute atomic E-state index is 0.111. The summed E-state index contributed by atoms with van der Waals surface area (Å²) in [6.07, 6.45) is 0. The average Bonchev–Trinajstić information content (AvgIpc) is 3.18. The van der Waals surface area contributed by atoms with Crippen LogP contribution >= 0.6 is 11.8 Å². The summed E-state index contributed by atoms with van der Waals surface area (Å²) in [6.45, 7) is 4.57. The van der Waals surface area contributed by atoms with E-state index >= 15 is 0 Å². The summed E-state index contributed by atoms with van der Waals surface area (Å²) in [4.78, 5) is 28.3. The number of carbonyl (C=O) groups excluding carboxylic acids is 2. The number of benzene rings is 2. The fourth-order valence-electron chi connectivity index (χ4n) is 3.70. The Bertz CT molecular complexity index is 1090. The molecular weight excluding hydrogens is 424 g/mol. The lowest BCUT2D eigenvalue weighted by atomic mass is 10.2. The van der Waals surface area contributed by atoms with Gasteiger partial charge in [-0.1, -0.05) is 42.1 Å². The van der Waals surface area contributed by atoms with Crippen molar-refractivity contribution in [2.75, 3.05) is 42.1 Å². The van der Waals surface area contributed by atoms with Gasteiger partial charge in [0.25, 0.3) is 0 Å². The number of aromatic nitrogens is 3. The summed E-state index contributed by atoms with van der Waals surface area (Å²) in [7, 11) is 1.88. The van der Waals surface area contributed by atoms with E-state index in [4.69, 9.17) is 0 Å². The van der Waals surface area contributed by atoms with Gasteiger partial charge in [-0.2, -0.15) is 0 Å². The lowest BCUT2D eigenvalue weighted by molar-refractivity contribution is -0.128. The van der Waals surface area contributed by atoms with Crippen LogP contribution in [0, 0.1) is 0 Å². The second kappa shape index (κ2) is 9.86. The Balaban J connectivity index is 1.33. The maximum Gasteiger partial charge on any atom is 0.233 e. The van der Waals surface area contributed by atoms with Crippen LogP contribution < -0.4 is 10.2 Å². The zero-order valence-corrected chi connectivity index (χ0v) is 19.0. The van der Waals surface area contributed by atoms with Crippen LogP contribution in [0.2, 0.25) is 0 Å². The Labute approximate surface area is 191 Å². The molecule has 1 saturated heterocycles. The third-order valence-corrected chi connectivity index (χ3v) is 6.36. The molecule has 0 atom stereocenters. The summed E-state index contributed by atoms with van der Waals surface area (Å²) in [6, 6.07) is 17.8. The van der Waals surface area contributed by atoms with Crippen molar-refractivity contribution >= 4 is 35.0 Å². The highest BCUT2D eigenvalue weighted by atomic mass is 32.2. The topological polar surface area (TPSA) is 83.4 Å². The third kappa shape index (κ3) is 5.11. The van der Waals surface area contributed by atoms with Crippen molar-refractivity contribution in [1.29, 1.82) is 0 Å². The van der Waals surface area contributed by atoms with Crippen molar-refractivity contribution < 1.29 is 9.59 Å². The molecule has 2 aromatic carbocycles. The van der Waals surface area contributed by atoms with Crippen LogP contribution in [0.15, 0.2) is 59.8 Å². The molecule has 1 aromatic heterocycles. The molecule has 3 aromatic rings. The van der Waals surface area contributed by atoms with Gasteiger partial charge in [0.1, 0.15) is 0 Å². The molecule has 166 valence electrons. The largest absolute Gasteiger partial charge is 0.368 e. The maximum atomic E-state index is 12.7. The number of thioether (sulfide) groups is 1. The van der Waals surface area contributed by atoms with Crippen LogP contribution in [-0.2, 0) is 16.6 Å².